The second kappa shape index (κ2) is 8.26. The molecular weight excluding hydrogens is 340 g/mol. The second-order valence-electron chi connectivity index (χ2n) is 5.63. The Morgan fingerprint density at radius 3 is 2.81 bits per heavy atom. The molecule has 1 amide bonds. The number of nitro benzene ring substituents is 1. The number of anilines is 1. The van der Waals surface area contributed by atoms with Crippen LogP contribution in [0.25, 0.3) is 0 Å². The fourth-order valence-electron chi connectivity index (χ4n) is 2.58. The Labute approximate surface area is 149 Å². The number of hydrogen-bond donors (Lipinski definition) is 1. The number of morpholine rings is 1. The van der Waals surface area contributed by atoms with E-state index in [2.05, 4.69) is 15.4 Å². The van der Waals surface area contributed by atoms with Crippen LogP contribution in [0.1, 0.15) is 11.3 Å². The summed E-state index contributed by atoms with van der Waals surface area (Å²) in [7, 11) is 0. The van der Waals surface area contributed by atoms with Gasteiger partial charge in [-0.2, -0.15) is 5.10 Å². The molecule has 0 aliphatic carbocycles. The van der Waals surface area contributed by atoms with Crippen LogP contribution in [0.15, 0.2) is 45.9 Å². The molecule has 0 spiro atoms. The van der Waals surface area contributed by atoms with Gasteiger partial charge in [-0.3, -0.25) is 14.9 Å². The van der Waals surface area contributed by atoms with Crippen LogP contribution in [0.3, 0.4) is 0 Å². The lowest BCUT2D eigenvalue weighted by atomic mass is 10.1. The van der Waals surface area contributed by atoms with Gasteiger partial charge in [0, 0.05) is 30.8 Å². The minimum Gasteiger partial charge on any atom is -0.440 e. The summed E-state index contributed by atoms with van der Waals surface area (Å²) in [6.45, 7) is 2.84. The van der Waals surface area contributed by atoms with Crippen LogP contribution in [0.2, 0.25) is 0 Å². The van der Waals surface area contributed by atoms with E-state index in [0.29, 0.717) is 24.5 Å². The zero-order chi connectivity index (χ0) is 18.4. The van der Waals surface area contributed by atoms with Gasteiger partial charge in [0.2, 0.25) is 5.91 Å². The van der Waals surface area contributed by atoms with E-state index in [9.17, 15) is 14.9 Å². The standard InChI is InChI=1S/C17H18N4O5/c22-16(11-13-3-1-2-4-15(13)21(23)24)19-18-12-14-5-6-17(26-14)20-7-9-25-10-8-20/h1-6,12H,7-11H2,(H,19,22). The average Bonchev–Trinajstić information content (AvgIpc) is 3.11. The van der Waals surface area contributed by atoms with Gasteiger partial charge in [-0.1, -0.05) is 18.2 Å². The first kappa shape index (κ1) is 17.6. The van der Waals surface area contributed by atoms with Crippen LogP contribution in [0, 0.1) is 10.1 Å². The van der Waals surface area contributed by atoms with Gasteiger partial charge >= 0.3 is 0 Å². The van der Waals surface area contributed by atoms with E-state index in [0.717, 1.165) is 19.0 Å². The zero-order valence-electron chi connectivity index (χ0n) is 14.0. The Morgan fingerprint density at radius 1 is 1.27 bits per heavy atom. The number of carbonyl (C=O) groups is 1. The van der Waals surface area contributed by atoms with Crippen molar-refractivity contribution in [2.24, 2.45) is 5.10 Å². The fraction of sp³-hybridized carbons (Fsp3) is 0.294. The lowest BCUT2D eigenvalue weighted by molar-refractivity contribution is -0.385. The predicted molar refractivity (Wildman–Crippen MR) is 94.3 cm³/mol. The van der Waals surface area contributed by atoms with Gasteiger partial charge in [-0.25, -0.2) is 5.43 Å². The Morgan fingerprint density at radius 2 is 2.04 bits per heavy atom. The molecule has 1 aromatic carbocycles. The van der Waals surface area contributed by atoms with Crippen molar-refractivity contribution in [2.45, 2.75) is 6.42 Å². The molecule has 0 bridgehead atoms. The molecule has 1 aliphatic rings. The number of nitrogens with one attached hydrogen (secondary N) is 1. The molecule has 9 heteroatoms. The van der Waals surface area contributed by atoms with E-state index in [4.69, 9.17) is 9.15 Å². The van der Waals surface area contributed by atoms with Gasteiger partial charge in [0.1, 0.15) is 5.76 Å². The Balaban J connectivity index is 1.55. The number of nitro groups is 1. The van der Waals surface area contributed by atoms with E-state index >= 15 is 0 Å². The van der Waals surface area contributed by atoms with E-state index in [1.807, 2.05) is 6.07 Å². The van der Waals surface area contributed by atoms with Crippen LogP contribution in [0.5, 0.6) is 0 Å². The summed E-state index contributed by atoms with van der Waals surface area (Å²) in [6.07, 6.45) is 1.26. The van der Waals surface area contributed by atoms with Gasteiger partial charge < -0.3 is 14.1 Å². The molecule has 0 atom stereocenters. The molecule has 1 fully saturated rings. The van der Waals surface area contributed by atoms with Crippen LogP contribution < -0.4 is 10.3 Å². The number of benzene rings is 1. The predicted octanol–water partition coefficient (Wildman–Crippen LogP) is 1.72. The normalized spacial score (nSPS) is 14.5. The molecule has 9 nitrogen and oxygen atoms in total. The van der Waals surface area contributed by atoms with Gasteiger partial charge in [-0.05, 0) is 6.07 Å². The molecule has 26 heavy (non-hydrogen) atoms. The molecule has 2 aromatic rings. The summed E-state index contributed by atoms with van der Waals surface area (Å²) in [5.74, 6) is 0.772. The number of hydrazone groups is 1. The largest absolute Gasteiger partial charge is 0.440 e. The van der Waals surface area contributed by atoms with Crippen LogP contribution >= 0.6 is 0 Å². The summed E-state index contributed by atoms with van der Waals surface area (Å²) in [5, 5.41) is 14.8. The maximum absolute atomic E-state index is 11.9. The van der Waals surface area contributed by atoms with Crippen molar-refractivity contribution in [2.75, 3.05) is 31.2 Å². The minimum atomic E-state index is -0.512. The molecule has 1 saturated heterocycles. The van der Waals surface area contributed by atoms with Crippen LogP contribution in [0.4, 0.5) is 11.6 Å². The van der Waals surface area contributed by atoms with Crippen molar-refractivity contribution >= 4 is 23.7 Å². The van der Waals surface area contributed by atoms with E-state index in [1.165, 1.54) is 12.3 Å². The molecule has 0 radical (unpaired) electrons. The number of furan rings is 1. The third-order valence-corrected chi connectivity index (χ3v) is 3.86. The lowest BCUT2D eigenvalue weighted by Gasteiger charge is -2.26. The fourth-order valence-corrected chi connectivity index (χ4v) is 2.58. The molecule has 1 N–H and O–H groups in total. The summed E-state index contributed by atoms with van der Waals surface area (Å²) in [5.41, 5.74) is 2.59. The molecule has 0 unspecified atom stereocenters. The highest BCUT2D eigenvalue weighted by atomic mass is 16.6. The van der Waals surface area contributed by atoms with Gasteiger partial charge in [-0.15, -0.1) is 0 Å². The molecular formula is C17H18N4O5. The van der Waals surface area contributed by atoms with Gasteiger partial charge in [0.05, 0.1) is 30.8 Å². The summed E-state index contributed by atoms with van der Waals surface area (Å²) in [6, 6.07) is 9.70. The number of nitrogens with zero attached hydrogens (tertiary/aromatic N) is 3. The average molecular weight is 358 g/mol. The Kier molecular flexibility index (Phi) is 5.59. The number of rotatable bonds is 6. The first-order valence-corrected chi connectivity index (χ1v) is 8.10. The molecule has 2 heterocycles. The van der Waals surface area contributed by atoms with Crippen molar-refractivity contribution in [3.63, 3.8) is 0 Å². The monoisotopic (exact) mass is 358 g/mol. The minimum absolute atomic E-state index is 0.0900. The Bertz CT molecular complexity index is 811. The summed E-state index contributed by atoms with van der Waals surface area (Å²) < 4.78 is 10.9. The van der Waals surface area contributed by atoms with Crippen molar-refractivity contribution in [1.82, 2.24) is 5.43 Å². The van der Waals surface area contributed by atoms with Crippen molar-refractivity contribution in [1.29, 1.82) is 0 Å². The SMILES string of the molecule is O=C(Cc1ccccc1[N+](=O)[O-])NN=Cc1ccc(N2CCOCC2)o1. The third kappa shape index (κ3) is 4.45. The number of amides is 1. The third-order valence-electron chi connectivity index (χ3n) is 3.86. The maximum Gasteiger partial charge on any atom is 0.273 e. The molecule has 1 aromatic heterocycles. The highest BCUT2D eigenvalue weighted by Crippen LogP contribution is 2.19. The number of ether oxygens (including phenoxy) is 1. The molecule has 136 valence electrons. The summed E-state index contributed by atoms with van der Waals surface area (Å²) in [4.78, 5) is 24.4. The van der Waals surface area contributed by atoms with E-state index in [1.54, 1.807) is 24.3 Å². The van der Waals surface area contributed by atoms with E-state index in [-0.39, 0.29) is 12.1 Å². The van der Waals surface area contributed by atoms with Crippen LogP contribution in [-0.2, 0) is 16.0 Å². The van der Waals surface area contributed by atoms with Gasteiger partial charge in [0.25, 0.3) is 5.69 Å². The van der Waals surface area contributed by atoms with E-state index < -0.39 is 10.8 Å². The quantitative estimate of drug-likeness (QED) is 0.478. The smallest absolute Gasteiger partial charge is 0.273 e. The zero-order valence-corrected chi connectivity index (χ0v) is 14.0. The first-order chi connectivity index (χ1) is 12.6. The number of hydrogen-bond acceptors (Lipinski definition) is 7. The highest BCUT2D eigenvalue weighted by Gasteiger charge is 2.16. The maximum atomic E-state index is 11.9. The van der Waals surface area contributed by atoms with Crippen molar-refractivity contribution in [3.8, 4) is 0 Å². The first-order valence-electron chi connectivity index (χ1n) is 8.10. The van der Waals surface area contributed by atoms with Crippen molar-refractivity contribution in [3.05, 3.63) is 57.8 Å². The molecule has 1 aliphatic heterocycles. The second-order valence-corrected chi connectivity index (χ2v) is 5.63. The highest BCUT2D eigenvalue weighted by molar-refractivity contribution is 5.82. The summed E-state index contributed by atoms with van der Waals surface area (Å²) >= 11 is 0. The Hall–Kier alpha value is -3.20. The van der Waals surface area contributed by atoms with Gasteiger partial charge in [0.15, 0.2) is 5.88 Å². The number of para-hydroxylation sites is 1. The van der Waals surface area contributed by atoms with Crippen molar-refractivity contribution < 1.29 is 18.9 Å². The molecule has 0 saturated carbocycles. The van der Waals surface area contributed by atoms with Crippen LogP contribution in [-0.4, -0.2) is 43.3 Å². The topological polar surface area (TPSA) is 110 Å². The number of carbonyl (C=O) groups excluding carboxylic acids is 1. The molecule has 3 rings (SSSR count). The lowest BCUT2D eigenvalue weighted by Crippen LogP contribution is -2.35.